The third-order valence-electron chi connectivity index (χ3n) is 3.90. The minimum absolute atomic E-state index is 0.0280. The summed E-state index contributed by atoms with van der Waals surface area (Å²) < 4.78 is 4.96. The quantitative estimate of drug-likeness (QED) is 0.540. The van der Waals surface area contributed by atoms with Crippen molar-refractivity contribution in [2.75, 3.05) is 6.61 Å². The van der Waals surface area contributed by atoms with Crippen molar-refractivity contribution in [1.29, 1.82) is 0 Å². The van der Waals surface area contributed by atoms with Gasteiger partial charge in [0, 0.05) is 5.92 Å². The number of rotatable bonds is 2. The lowest BCUT2D eigenvalue weighted by Crippen LogP contribution is -2.46. The number of carbonyl (C=O) groups excluding carboxylic acids is 3. The van der Waals surface area contributed by atoms with Crippen LogP contribution in [0.15, 0.2) is 0 Å². The SMILES string of the molecule is CCOC(=O)[C@@H]1C(=O)CC(=O)[C@H]2CCCC[C@H]12. The highest BCUT2D eigenvalue weighted by Crippen LogP contribution is 2.41. The highest BCUT2D eigenvalue weighted by atomic mass is 16.5. The second-order valence-electron chi connectivity index (χ2n) is 4.89. The first-order chi connectivity index (χ1) is 8.15. The lowest BCUT2D eigenvalue weighted by molar-refractivity contribution is -0.159. The fourth-order valence-electron chi connectivity index (χ4n) is 3.15. The maximum absolute atomic E-state index is 11.9. The minimum atomic E-state index is -0.682. The molecule has 0 heterocycles. The van der Waals surface area contributed by atoms with E-state index in [1.165, 1.54) is 0 Å². The molecule has 0 aliphatic heterocycles. The Labute approximate surface area is 101 Å². The largest absolute Gasteiger partial charge is 0.465 e. The molecule has 0 aromatic rings. The van der Waals surface area contributed by atoms with Crippen LogP contribution in [0.5, 0.6) is 0 Å². The van der Waals surface area contributed by atoms with Gasteiger partial charge in [0.25, 0.3) is 0 Å². The average molecular weight is 238 g/mol. The standard InChI is InChI=1S/C13H18O4/c1-2-17-13(16)12-9-6-4-3-5-8(9)10(14)7-11(12)15/h8-9,12H,2-7H2,1H3/t8-,9-,12-/m0/s1. The van der Waals surface area contributed by atoms with Gasteiger partial charge in [-0.1, -0.05) is 12.8 Å². The van der Waals surface area contributed by atoms with E-state index in [4.69, 9.17) is 4.74 Å². The van der Waals surface area contributed by atoms with Crippen LogP contribution in [-0.2, 0) is 19.1 Å². The molecule has 0 aromatic carbocycles. The van der Waals surface area contributed by atoms with Crippen LogP contribution >= 0.6 is 0 Å². The number of fused-ring (bicyclic) bond motifs is 1. The Morgan fingerprint density at radius 2 is 1.94 bits per heavy atom. The van der Waals surface area contributed by atoms with Gasteiger partial charge >= 0.3 is 5.97 Å². The first-order valence-electron chi connectivity index (χ1n) is 6.37. The van der Waals surface area contributed by atoms with Gasteiger partial charge in [-0.25, -0.2) is 0 Å². The van der Waals surface area contributed by atoms with E-state index >= 15 is 0 Å². The van der Waals surface area contributed by atoms with Crippen LogP contribution in [0, 0.1) is 17.8 Å². The van der Waals surface area contributed by atoms with E-state index in [0.717, 1.165) is 25.7 Å². The molecule has 2 fully saturated rings. The fourth-order valence-corrected chi connectivity index (χ4v) is 3.15. The summed E-state index contributed by atoms with van der Waals surface area (Å²) in [7, 11) is 0. The topological polar surface area (TPSA) is 60.4 Å². The Hall–Kier alpha value is -1.19. The normalized spacial score (nSPS) is 33.1. The molecule has 2 aliphatic rings. The van der Waals surface area contributed by atoms with Crippen LogP contribution in [0.2, 0.25) is 0 Å². The first-order valence-corrected chi connectivity index (χ1v) is 6.37. The third kappa shape index (κ3) is 2.26. The van der Waals surface area contributed by atoms with E-state index in [1.807, 2.05) is 0 Å². The van der Waals surface area contributed by atoms with Crippen LogP contribution in [0.25, 0.3) is 0 Å². The number of ether oxygens (including phenoxy) is 1. The Balaban J connectivity index is 2.20. The Kier molecular flexibility index (Phi) is 3.60. The summed E-state index contributed by atoms with van der Waals surface area (Å²) in [6.07, 6.45) is 3.57. The van der Waals surface area contributed by atoms with Crippen molar-refractivity contribution < 1.29 is 19.1 Å². The monoisotopic (exact) mass is 238 g/mol. The molecule has 0 radical (unpaired) electrons. The summed E-state index contributed by atoms with van der Waals surface area (Å²) in [5.74, 6) is -1.51. The van der Waals surface area contributed by atoms with Gasteiger partial charge in [-0.15, -0.1) is 0 Å². The molecule has 0 N–H and O–H groups in total. The first kappa shape index (κ1) is 12.3. The van der Waals surface area contributed by atoms with Crippen molar-refractivity contribution in [3.8, 4) is 0 Å². The number of esters is 1. The van der Waals surface area contributed by atoms with Gasteiger partial charge in [-0.05, 0) is 25.7 Å². The lowest BCUT2D eigenvalue weighted by Gasteiger charge is -2.37. The highest BCUT2D eigenvalue weighted by Gasteiger charge is 2.48. The highest BCUT2D eigenvalue weighted by molar-refractivity contribution is 6.11. The molecule has 2 rings (SSSR count). The zero-order valence-corrected chi connectivity index (χ0v) is 10.1. The van der Waals surface area contributed by atoms with Crippen molar-refractivity contribution in [3.05, 3.63) is 0 Å². The average Bonchev–Trinajstić information content (AvgIpc) is 2.29. The molecule has 2 aliphatic carbocycles. The smallest absolute Gasteiger partial charge is 0.316 e. The summed E-state index contributed by atoms with van der Waals surface area (Å²) in [5.41, 5.74) is 0. The summed E-state index contributed by atoms with van der Waals surface area (Å²) in [6.45, 7) is 2.02. The van der Waals surface area contributed by atoms with Gasteiger partial charge in [-0.2, -0.15) is 0 Å². The van der Waals surface area contributed by atoms with Gasteiger partial charge in [0.05, 0.1) is 13.0 Å². The molecular weight excluding hydrogens is 220 g/mol. The Morgan fingerprint density at radius 1 is 1.24 bits per heavy atom. The summed E-state index contributed by atoms with van der Waals surface area (Å²) in [5, 5.41) is 0. The molecule has 4 nitrogen and oxygen atoms in total. The van der Waals surface area contributed by atoms with Crippen molar-refractivity contribution in [1.82, 2.24) is 0 Å². The summed E-state index contributed by atoms with van der Waals surface area (Å²) in [4.78, 5) is 35.5. The van der Waals surface area contributed by atoms with Gasteiger partial charge < -0.3 is 4.74 Å². The minimum Gasteiger partial charge on any atom is -0.465 e. The van der Waals surface area contributed by atoms with E-state index in [9.17, 15) is 14.4 Å². The Bertz CT molecular complexity index is 347. The molecule has 0 spiro atoms. The molecule has 94 valence electrons. The zero-order valence-electron chi connectivity index (χ0n) is 10.1. The third-order valence-corrected chi connectivity index (χ3v) is 3.90. The molecule has 2 saturated carbocycles. The number of hydrogen-bond donors (Lipinski definition) is 0. The lowest BCUT2D eigenvalue weighted by atomic mass is 9.64. The fraction of sp³-hybridized carbons (Fsp3) is 0.769. The zero-order chi connectivity index (χ0) is 12.4. The van der Waals surface area contributed by atoms with E-state index < -0.39 is 11.9 Å². The van der Waals surface area contributed by atoms with Crippen LogP contribution in [-0.4, -0.2) is 24.1 Å². The van der Waals surface area contributed by atoms with Crippen molar-refractivity contribution in [2.45, 2.75) is 39.0 Å². The molecule has 0 saturated heterocycles. The molecule has 0 amide bonds. The van der Waals surface area contributed by atoms with Crippen LogP contribution in [0.3, 0.4) is 0 Å². The van der Waals surface area contributed by atoms with Crippen molar-refractivity contribution in [2.24, 2.45) is 17.8 Å². The molecule has 3 atom stereocenters. The van der Waals surface area contributed by atoms with Gasteiger partial charge in [-0.3, -0.25) is 14.4 Å². The molecule has 17 heavy (non-hydrogen) atoms. The van der Waals surface area contributed by atoms with E-state index in [2.05, 4.69) is 0 Å². The van der Waals surface area contributed by atoms with Crippen molar-refractivity contribution >= 4 is 17.5 Å². The van der Waals surface area contributed by atoms with Crippen molar-refractivity contribution in [3.63, 3.8) is 0 Å². The Morgan fingerprint density at radius 3 is 2.65 bits per heavy atom. The predicted octanol–water partition coefficient (Wildman–Crippen LogP) is 1.51. The second kappa shape index (κ2) is 4.98. The van der Waals surface area contributed by atoms with Crippen LogP contribution < -0.4 is 0 Å². The summed E-state index contributed by atoms with van der Waals surface area (Å²) >= 11 is 0. The van der Waals surface area contributed by atoms with Gasteiger partial charge in [0.1, 0.15) is 11.7 Å². The van der Waals surface area contributed by atoms with Crippen LogP contribution in [0.4, 0.5) is 0 Å². The predicted molar refractivity (Wildman–Crippen MR) is 60.2 cm³/mol. The van der Waals surface area contributed by atoms with Gasteiger partial charge in [0.15, 0.2) is 5.78 Å². The van der Waals surface area contributed by atoms with E-state index in [1.54, 1.807) is 6.92 Å². The number of Topliss-reactive ketones (excluding diaryl/α,β-unsaturated/α-hetero) is 2. The van der Waals surface area contributed by atoms with E-state index in [0.29, 0.717) is 0 Å². The number of carbonyl (C=O) groups is 3. The summed E-state index contributed by atoms with van der Waals surface area (Å²) in [6, 6.07) is 0. The molecule has 0 unspecified atom stereocenters. The molecule has 0 bridgehead atoms. The maximum atomic E-state index is 11.9. The van der Waals surface area contributed by atoms with Gasteiger partial charge in [0.2, 0.25) is 0 Å². The maximum Gasteiger partial charge on any atom is 0.316 e. The number of ketones is 2. The van der Waals surface area contributed by atoms with E-state index in [-0.39, 0.29) is 36.4 Å². The number of hydrogen-bond acceptors (Lipinski definition) is 4. The molecule has 0 aromatic heterocycles. The second-order valence-corrected chi connectivity index (χ2v) is 4.89. The molecule has 4 heteroatoms. The van der Waals surface area contributed by atoms with Crippen LogP contribution in [0.1, 0.15) is 39.0 Å². The molecular formula is C13H18O4.